The highest BCUT2D eigenvalue weighted by molar-refractivity contribution is 7.14. The maximum Gasteiger partial charge on any atom is 0.231 e. The molecule has 2 aromatic carbocycles. The predicted octanol–water partition coefficient (Wildman–Crippen LogP) is 3.95. The number of benzene rings is 2. The van der Waals surface area contributed by atoms with E-state index in [2.05, 4.69) is 15.6 Å². The molecule has 2 aliphatic rings. The molecule has 0 aliphatic carbocycles. The summed E-state index contributed by atoms with van der Waals surface area (Å²) in [6, 6.07) is 13.6. The average molecular weight is 438 g/mol. The molecule has 0 atom stereocenters. The first-order valence-corrected chi connectivity index (χ1v) is 11.2. The van der Waals surface area contributed by atoms with Gasteiger partial charge in [0, 0.05) is 36.1 Å². The Morgan fingerprint density at radius 2 is 1.87 bits per heavy atom. The van der Waals surface area contributed by atoms with E-state index in [9.17, 15) is 4.79 Å². The lowest BCUT2D eigenvalue weighted by Crippen LogP contribution is -2.36. The Morgan fingerprint density at radius 1 is 1.06 bits per heavy atom. The minimum absolute atomic E-state index is 0.0197. The van der Waals surface area contributed by atoms with Crippen LogP contribution < -0.4 is 19.7 Å². The number of amides is 1. The van der Waals surface area contributed by atoms with Crippen LogP contribution in [0.4, 0.5) is 10.8 Å². The van der Waals surface area contributed by atoms with Gasteiger partial charge in [0.1, 0.15) is 0 Å². The Balaban J connectivity index is 1.16. The molecule has 0 unspecified atom stereocenters. The SMILES string of the molecule is O=C(CCc1ccc2c(c1)OCO2)Nc1ccc(-c2csc(N3CCOCC3)n2)cc1. The molecule has 3 heterocycles. The molecule has 1 amide bonds. The molecule has 1 aromatic heterocycles. The fourth-order valence-electron chi connectivity index (χ4n) is 3.60. The first kappa shape index (κ1) is 19.8. The fourth-order valence-corrected chi connectivity index (χ4v) is 4.49. The van der Waals surface area contributed by atoms with E-state index in [0.717, 1.165) is 65.4 Å². The average Bonchev–Trinajstić information content (AvgIpc) is 3.48. The monoisotopic (exact) mass is 437 g/mol. The zero-order valence-electron chi connectivity index (χ0n) is 17.0. The fraction of sp³-hybridized carbons (Fsp3) is 0.304. The molecule has 1 N–H and O–H groups in total. The van der Waals surface area contributed by atoms with Crippen LogP contribution in [0.5, 0.6) is 11.5 Å². The quantitative estimate of drug-likeness (QED) is 0.630. The summed E-state index contributed by atoms with van der Waals surface area (Å²) >= 11 is 1.65. The van der Waals surface area contributed by atoms with E-state index in [0.29, 0.717) is 12.8 Å². The van der Waals surface area contributed by atoms with Gasteiger partial charge in [-0.05, 0) is 36.2 Å². The van der Waals surface area contributed by atoms with Gasteiger partial charge < -0.3 is 24.4 Å². The molecular formula is C23H23N3O4S. The lowest BCUT2D eigenvalue weighted by Gasteiger charge is -2.26. The van der Waals surface area contributed by atoms with Crippen molar-refractivity contribution in [3.8, 4) is 22.8 Å². The molecule has 2 aliphatic heterocycles. The molecule has 0 saturated carbocycles. The molecule has 0 spiro atoms. The lowest BCUT2D eigenvalue weighted by atomic mass is 10.1. The third kappa shape index (κ3) is 4.65. The molecule has 5 rings (SSSR count). The Labute approximate surface area is 184 Å². The second-order valence-electron chi connectivity index (χ2n) is 7.43. The van der Waals surface area contributed by atoms with Crippen molar-refractivity contribution in [2.45, 2.75) is 12.8 Å². The third-order valence-electron chi connectivity index (χ3n) is 5.32. The topological polar surface area (TPSA) is 72.9 Å². The number of nitrogens with one attached hydrogen (secondary N) is 1. The number of hydrogen-bond donors (Lipinski definition) is 1. The first-order chi connectivity index (χ1) is 15.2. The first-order valence-electron chi connectivity index (χ1n) is 10.3. The normalized spacial score (nSPS) is 15.2. The second kappa shape index (κ2) is 8.95. The van der Waals surface area contributed by atoms with E-state index in [1.165, 1.54) is 0 Å². The van der Waals surface area contributed by atoms with Crippen molar-refractivity contribution >= 4 is 28.1 Å². The van der Waals surface area contributed by atoms with E-state index in [-0.39, 0.29) is 12.7 Å². The van der Waals surface area contributed by atoms with Gasteiger partial charge in [-0.3, -0.25) is 4.79 Å². The maximum absolute atomic E-state index is 12.4. The van der Waals surface area contributed by atoms with Gasteiger partial charge in [-0.1, -0.05) is 18.2 Å². The molecule has 0 bridgehead atoms. The lowest BCUT2D eigenvalue weighted by molar-refractivity contribution is -0.116. The number of fused-ring (bicyclic) bond motifs is 1. The Hall–Kier alpha value is -3.10. The number of aryl methyl sites for hydroxylation is 1. The minimum atomic E-state index is -0.0197. The van der Waals surface area contributed by atoms with Gasteiger partial charge in [-0.15, -0.1) is 11.3 Å². The molecule has 3 aromatic rings. The Kier molecular flexibility index (Phi) is 5.73. The smallest absolute Gasteiger partial charge is 0.231 e. The van der Waals surface area contributed by atoms with E-state index in [1.807, 2.05) is 42.5 Å². The molecule has 31 heavy (non-hydrogen) atoms. The molecule has 0 radical (unpaired) electrons. The summed E-state index contributed by atoms with van der Waals surface area (Å²) in [4.78, 5) is 19.4. The summed E-state index contributed by atoms with van der Waals surface area (Å²) in [7, 11) is 0. The van der Waals surface area contributed by atoms with Crippen LogP contribution in [0.1, 0.15) is 12.0 Å². The Morgan fingerprint density at radius 3 is 2.71 bits per heavy atom. The van der Waals surface area contributed by atoms with Crippen molar-refractivity contribution in [2.24, 2.45) is 0 Å². The standard InChI is InChI=1S/C23H23N3O4S/c27-22(8-2-16-1-7-20-21(13-16)30-15-29-20)24-18-5-3-17(4-6-18)19-14-31-23(25-19)26-9-11-28-12-10-26/h1,3-7,13-14H,2,8-12,15H2,(H,24,27). The van der Waals surface area contributed by atoms with Crippen LogP contribution >= 0.6 is 11.3 Å². The molecule has 1 saturated heterocycles. The number of ether oxygens (including phenoxy) is 3. The number of carbonyl (C=O) groups is 1. The predicted molar refractivity (Wildman–Crippen MR) is 120 cm³/mol. The van der Waals surface area contributed by atoms with Gasteiger partial charge in [0.15, 0.2) is 16.6 Å². The van der Waals surface area contributed by atoms with E-state index in [1.54, 1.807) is 11.3 Å². The summed E-state index contributed by atoms with van der Waals surface area (Å²) < 4.78 is 16.1. The van der Waals surface area contributed by atoms with Crippen LogP contribution in [0.15, 0.2) is 47.8 Å². The van der Waals surface area contributed by atoms with Crippen LogP contribution in [-0.2, 0) is 16.0 Å². The van der Waals surface area contributed by atoms with Crippen molar-refractivity contribution in [1.82, 2.24) is 4.98 Å². The second-order valence-corrected chi connectivity index (χ2v) is 8.26. The van der Waals surface area contributed by atoms with E-state index < -0.39 is 0 Å². The summed E-state index contributed by atoms with van der Waals surface area (Å²) in [6.07, 6.45) is 1.04. The number of thiazole rings is 1. The number of carbonyl (C=O) groups excluding carboxylic acids is 1. The van der Waals surface area contributed by atoms with Crippen LogP contribution in [0, 0.1) is 0 Å². The van der Waals surface area contributed by atoms with Crippen LogP contribution in [0.2, 0.25) is 0 Å². The van der Waals surface area contributed by atoms with E-state index >= 15 is 0 Å². The van der Waals surface area contributed by atoms with Gasteiger partial charge in [-0.25, -0.2) is 4.98 Å². The van der Waals surface area contributed by atoms with Crippen molar-refractivity contribution in [3.05, 3.63) is 53.4 Å². The number of anilines is 2. The largest absolute Gasteiger partial charge is 0.454 e. The van der Waals surface area contributed by atoms with Crippen molar-refractivity contribution in [2.75, 3.05) is 43.3 Å². The van der Waals surface area contributed by atoms with Gasteiger partial charge in [0.05, 0.1) is 18.9 Å². The summed E-state index contributed by atoms with van der Waals surface area (Å²) in [5.41, 5.74) is 3.82. The number of hydrogen-bond acceptors (Lipinski definition) is 7. The van der Waals surface area contributed by atoms with Gasteiger partial charge in [0.25, 0.3) is 0 Å². The zero-order chi connectivity index (χ0) is 21.0. The van der Waals surface area contributed by atoms with Gasteiger partial charge in [0.2, 0.25) is 12.7 Å². The van der Waals surface area contributed by atoms with Crippen molar-refractivity contribution in [1.29, 1.82) is 0 Å². The highest BCUT2D eigenvalue weighted by atomic mass is 32.1. The molecule has 8 heteroatoms. The number of rotatable bonds is 6. The van der Waals surface area contributed by atoms with Crippen molar-refractivity contribution < 1.29 is 19.0 Å². The van der Waals surface area contributed by atoms with E-state index in [4.69, 9.17) is 19.2 Å². The summed E-state index contributed by atoms with van der Waals surface area (Å²) in [6.45, 7) is 3.51. The van der Waals surface area contributed by atoms with Crippen LogP contribution in [0.25, 0.3) is 11.3 Å². The number of nitrogens with zero attached hydrogens (tertiary/aromatic N) is 2. The third-order valence-corrected chi connectivity index (χ3v) is 6.22. The molecular weight excluding hydrogens is 414 g/mol. The van der Waals surface area contributed by atoms with Gasteiger partial charge in [-0.2, -0.15) is 0 Å². The number of morpholine rings is 1. The molecule has 160 valence electrons. The summed E-state index contributed by atoms with van der Waals surface area (Å²) in [5, 5.41) is 6.07. The Bertz CT molecular complexity index is 1060. The molecule has 7 nitrogen and oxygen atoms in total. The van der Waals surface area contributed by atoms with Crippen LogP contribution in [-0.4, -0.2) is 44.0 Å². The minimum Gasteiger partial charge on any atom is -0.454 e. The molecule has 1 fully saturated rings. The number of aromatic nitrogens is 1. The van der Waals surface area contributed by atoms with Gasteiger partial charge >= 0.3 is 0 Å². The van der Waals surface area contributed by atoms with Crippen LogP contribution in [0.3, 0.4) is 0 Å². The summed E-state index contributed by atoms with van der Waals surface area (Å²) in [5.74, 6) is 1.48. The zero-order valence-corrected chi connectivity index (χ0v) is 17.8. The van der Waals surface area contributed by atoms with Crippen molar-refractivity contribution in [3.63, 3.8) is 0 Å². The highest BCUT2D eigenvalue weighted by Crippen LogP contribution is 2.33. The maximum atomic E-state index is 12.4. The highest BCUT2D eigenvalue weighted by Gasteiger charge is 2.16.